The minimum atomic E-state index is 0.0761. The Morgan fingerprint density at radius 1 is 0.568 bits per heavy atom. The molecule has 0 saturated heterocycles. The van der Waals surface area contributed by atoms with Gasteiger partial charge in [-0.05, 0) is 83.8 Å². The molecule has 1 aromatic heterocycles. The number of aryl methyl sites for hydroxylation is 3. The van der Waals surface area contributed by atoms with Gasteiger partial charge in [-0.2, -0.15) is 0 Å². The molecule has 0 atom stereocenters. The lowest BCUT2D eigenvalue weighted by Crippen LogP contribution is -2.57. The first-order valence-electron chi connectivity index (χ1n) is 12.7. The Hall–Kier alpha value is -4.44. The lowest BCUT2D eigenvalue weighted by Gasteiger charge is -2.34. The van der Waals surface area contributed by atoms with E-state index in [0.29, 0.717) is 0 Å². The van der Waals surface area contributed by atoms with E-state index in [4.69, 9.17) is 13.9 Å². The number of para-hydroxylation sites is 3. The van der Waals surface area contributed by atoms with E-state index in [9.17, 15) is 0 Å². The van der Waals surface area contributed by atoms with Gasteiger partial charge in [0.25, 0.3) is 6.71 Å². The van der Waals surface area contributed by atoms with Crippen molar-refractivity contribution >= 4 is 45.0 Å². The molecule has 0 aliphatic carbocycles. The molecular formula is C33H23BO3. The molecular weight excluding hydrogens is 455 g/mol. The van der Waals surface area contributed by atoms with Crippen molar-refractivity contribution < 1.29 is 13.9 Å². The van der Waals surface area contributed by atoms with Gasteiger partial charge >= 0.3 is 0 Å². The molecule has 4 heteroatoms. The van der Waals surface area contributed by atoms with Gasteiger partial charge in [0.05, 0.1) is 0 Å². The highest BCUT2D eigenvalue weighted by Gasteiger charge is 2.41. The lowest BCUT2D eigenvalue weighted by atomic mass is 9.34. The predicted octanol–water partition coefficient (Wildman–Crippen LogP) is 6.91. The molecule has 0 fully saturated rings. The first kappa shape index (κ1) is 20.7. The summed E-state index contributed by atoms with van der Waals surface area (Å²) in [6, 6.07) is 29.9. The van der Waals surface area contributed by atoms with Crippen molar-refractivity contribution in [1.82, 2.24) is 0 Å². The lowest BCUT2D eigenvalue weighted by molar-refractivity contribution is 0.461. The summed E-state index contributed by atoms with van der Waals surface area (Å²) in [5.41, 5.74) is 10.8. The van der Waals surface area contributed by atoms with Crippen molar-refractivity contribution in [1.29, 1.82) is 0 Å². The molecule has 37 heavy (non-hydrogen) atoms. The van der Waals surface area contributed by atoms with Crippen LogP contribution in [0.5, 0.6) is 23.0 Å². The Labute approximate surface area is 215 Å². The third-order valence-electron chi connectivity index (χ3n) is 7.95. The van der Waals surface area contributed by atoms with Crippen molar-refractivity contribution in [2.45, 2.75) is 20.8 Å². The number of fused-ring (bicyclic) bond motifs is 7. The van der Waals surface area contributed by atoms with Crippen LogP contribution in [0.1, 0.15) is 16.7 Å². The van der Waals surface area contributed by atoms with Crippen LogP contribution in [-0.4, -0.2) is 6.71 Å². The molecule has 8 rings (SSSR count). The van der Waals surface area contributed by atoms with E-state index in [1.807, 2.05) is 0 Å². The Balaban J connectivity index is 1.36. The van der Waals surface area contributed by atoms with E-state index in [1.165, 1.54) is 10.9 Å². The molecule has 0 N–H and O–H groups in total. The van der Waals surface area contributed by atoms with Crippen molar-refractivity contribution in [2.75, 3.05) is 0 Å². The van der Waals surface area contributed by atoms with Crippen LogP contribution in [0.2, 0.25) is 0 Å². The zero-order valence-corrected chi connectivity index (χ0v) is 20.9. The highest BCUT2D eigenvalue weighted by Crippen LogP contribution is 2.41. The monoisotopic (exact) mass is 478 g/mol. The van der Waals surface area contributed by atoms with E-state index in [-0.39, 0.29) is 6.71 Å². The third kappa shape index (κ3) is 2.84. The highest BCUT2D eigenvalue weighted by molar-refractivity contribution is 6.98. The van der Waals surface area contributed by atoms with Gasteiger partial charge in [0.2, 0.25) is 0 Å². The second kappa shape index (κ2) is 7.30. The smallest absolute Gasteiger partial charge is 0.260 e. The summed E-state index contributed by atoms with van der Waals surface area (Å²) in [4.78, 5) is 0. The Morgan fingerprint density at radius 3 is 1.86 bits per heavy atom. The normalized spacial score (nSPS) is 13.1. The second-order valence-corrected chi connectivity index (χ2v) is 10.3. The quantitative estimate of drug-likeness (QED) is 0.241. The maximum Gasteiger partial charge on any atom is 0.260 e. The number of hydrogen-bond acceptors (Lipinski definition) is 3. The summed E-state index contributed by atoms with van der Waals surface area (Å²) in [6.45, 7) is 6.39. The fourth-order valence-electron chi connectivity index (χ4n) is 6.12. The average Bonchev–Trinajstić information content (AvgIpc) is 3.29. The minimum Gasteiger partial charge on any atom is -0.458 e. The topological polar surface area (TPSA) is 31.6 Å². The number of furan rings is 1. The van der Waals surface area contributed by atoms with Gasteiger partial charge in [-0.15, -0.1) is 0 Å². The maximum atomic E-state index is 6.61. The average molecular weight is 478 g/mol. The van der Waals surface area contributed by atoms with E-state index < -0.39 is 0 Å². The molecule has 3 nitrogen and oxygen atoms in total. The van der Waals surface area contributed by atoms with Crippen molar-refractivity contribution in [3.8, 4) is 34.1 Å². The summed E-state index contributed by atoms with van der Waals surface area (Å²) in [6.07, 6.45) is 0. The van der Waals surface area contributed by atoms with Crippen LogP contribution in [0.15, 0.2) is 89.3 Å². The molecule has 0 spiro atoms. The van der Waals surface area contributed by atoms with E-state index in [1.54, 1.807) is 0 Å². The molecule has 0 bridgehead atoms. The fraction of sp³-hybridized carbons (Fsp3) is 0.0909. The van der Waals surface area contributed by atoms with Gasteiger partial charge in [-0.1, -0.05) is 60.7 Å². The first-order valence-corrected chi connectivity index (χ1v) is 12.7. The number of ether oxygens (including phenoxy) is 2. The zero-order chi connectivity index (χ0) is 24.8. The summed E-state index contributed by atoms with van der Waals surface area (Å²) in [7, 11) is 0. The molecule has 0 radical (unpaired) electrons. The van der Waals surface area contributed by atoms with E-state index >= 15 is 0 Å². The molecule has 176 valence electrons. The van der Waals surface area contributed by atoms with Crippen LogP contribution in [0.3, 0.4) is 0 Å². The van der Waals surface area contributed by atoms with Crippen LogP contribution in [-0.2, 0) is 0 Å². The van der Waals surface area contributed by atoms with Crippen molar-refractivity contribution in [3.05, 3.63) is 102 Å². The molecule has 0 saturated carbocycles. The van der Waals surface area contributed by atoms with Crippen molar-refractivity contribution in [3.63, 3.8) is 0 Å². The van der Waals surface area contributed by atoms with Gasteiger partial charge in [-0.25, -0.2) is 0 Å². The Morgan fingerprint density at radius 2 is 1.19 bits per heavy atom. The SMILES string of the molecule is Cc1cccc2c1Oc1cc(-c3ccc4c(c3)oc3c(C)cccc34)cc3c1B2c1cccc(C)c1O3. The maximum absolute atomic E-state index is 6.61. The molecule has 2 aliphatic rings. The largest absolute Gasteiger partial charge is 0.458 e. The summed E-state index contributed by atoms with van der Waals surface area (Å²) in [5.74, 6) is 3.60. The predicted molar refractivity (Wildman–Crippen MR) is 151 cm³/mol. The fourth-order valence-corrected chi connectivity index (χ4v) is 6.12. The molecule has 3 heterocycles. The van der Waals surface area contributed by atoms with E-state index in [0.717, 1.165) is 78.2 Å². The Bertz CT molecular complexity index is 1850. The Kier molecular flexibility index (Phi) is 4.09. The minimum absolute atomic E-state index is 0.0761. The number of benzene rings is 5. The van der Waals surface area contributed by atoms with Gasteiger partial charge in [0, 0.05) is 16.2 Å². The number of hydrogen-bond donors (Lipinski definition) is 0. The van der Waals surface area contributed by atoms with Crippen LogP contribution in [0.4, 0.5) is 0 Å². The number of rotatable bonds is 1. The van der Waals surface area contributed by atoms with Crippen molar-refractivity contribution in [2.24, 2.45) is 0 Å². The highest BCUT2D eigenvalue weighted by atomic mass is 16.5. The third-order valence-corrected chi connectivity index (χ3v) is 7.95. The molecule has 5 aromatic carbocycles. The molecule has 2 aliphatic heterocycles. The van der Waals surface area contributed by atoms with Gasteiger partial charge < -0.3 is 13.9 Å². The van der Waals surface area contributed by atoms with Crippen LogP contribution in [0.25, 0.3) is 33.1 Å². The first-order chi connectivity index (χ1) is 18.1. The van der Waals surface area contributed by atoms with Crippen LogP contribution in [0, 0.1) is 20.8 Å². The summed E-state index contributed by atoms with van der Waals surface area (Å²) < 4.78 is 19.5. The summed E-state index contributed by atoms with van der Waals surface area (Å²) in [5, 5.41) is 2.28. The zero-order valence-electron chi connectivity index (χ0n) is 20.9. The van der Waals surface area contributed by atoms with Gasteiger partial charge in [-0.3, -0.25) is 0 Å². The van der Waals surface area contributed by atoms with Gasteiger partial charge in [0.15, 0.2) is 0 Å². The summed E-state index contributed by atoms with van der Waals surface area (Å²) >= 11 is 0. The molecule has 6 aromatic rings. The van der Waals surface area contributed by atoms with Gasteiger partial charge in [0.1, 0.15) is 34.2 Å². The molecule has 0 amide bonds. The second-order valence-electron chi connectivity index (χ2n) is 10.3. The van der Waals surface area contributed by atoms with Crippen LogP contribution >= 0.6 is 0 Å². The van der Waals surface area contributed by atoms with Crippen LogP contribution < -0.4 is 25.9 Å². The van der Waals surface area contributed by atoms with E-state index in [2.05, 4.69) is 106 Å². The standard InChI is InChI=1S/C33H23BO3/c1-18-7-4-10-24-23-14-13-21(15-27(23)35-31(18)24)22-16-28-30-29(17-22)37-33-20(3)9-6-12-26(33)34(30)25-11-5-8-19(2)32(25)36-28/h4-17H,1-3H3. The molecule has 0 unspecified atom stereocenters.